The first-order valence-electron chi connectivity index (χ1n) is 7.82. The zero-order chi connectivity index (χ0) is 17.9. The van der Waals surface area contributed by atoms with Gasteiger partial charge in [-0.1, -0.05) is 25.1 Å². The van der Waals surface area contributed by atoms with E-state index in [0.29, 0.717) is 11.3 Å². The second kappa shape index (κ2) is 7.67. The first kappa shape index (κ1) is 19.0. The van der Waals surface area contributed by atoms with Crippen LogP contribution >= 0.6 is 11.8 Å². The van der Waals surface area contributed by atoms with E-state index in [-0.39, 0.29) is 10.7 Å². The highest BCUT2D eigenvalue weighted by molar-refractivity contribution is 7.99. The minimum Gasteiger partial charge on any atom is -0.319 e. The molecule has 0 amide bonds. The molecule has 0 saturated carbocycles. The van der Waals surface area contributed by atoms with E-state index in [2.05, 4.69) is 16.5 Å². The Kier molecular flexibility index (Phi) is 6.06. The Balaban J connectivity index is 2.51. The number of thioether (sulfide) groups is 1. The lowest BCUT2D eigenvalue weighted by Crippen LogP contribution is -2.22. The molecule has 1 heterocycles. The molecule has 8 heteroatoms. The van der Waals surface area contributed by atoms with Crippen molar-refractivity contribution in [3.05, 3.63) is 18.2 Å². The van der Waals surface area contributed by atoms with Crippen LogP contribution in [0.1, 0.15) is 26.7 Å². The molecule has 1 aromatic carbocycles. The van der Waals surface area contributed by atoms with Gasteiger partial charge < -0.3 is 4.57 Å². The summed E-state index contributed by atoms with van der Waals surface area (Å²) in [6.45, 7) is 4.46. The van der Waals surface area contributed by atoms with Crippen LogP contribution in [0.3, 0.4) is 0 Å². The first-order valence-corrected chi connectivity index (χ1v) is 10.2. The van der Waals surface area contributed by atoms with Gasteiger partial charge in [-0.05, 0) is 31.5 Å². The molecule has 0 fully saturated rings. The molecule has 0 spiro atoms. The Labute approximate surface area is 147 Å². The average Bonchev–Trinajstić information content (AvgIpc) is 2.87. The van der Waals surface area contributed by atoms with Gasteiger partial charge in [-0.2, -0.15) is 0 Å². The number of rotatable bonds is 8. The maximum Gasteiger partial charge on any atom is 0.242 e. The number of hydrogen-bond donors (Lipinski definition) is 0. The molecular weight excluding hydrogens is 346 g/mol. The third kappa shape index (κ3) is 3.99. The van der Waals surface area contributed by atoms with E-state index >= 15 is 0 Å². The monoisotopic (exact) mass is 369 g/mol. The molecule has 2 aromatic rings. The number of sulfonamides is 1. The largest absolute Gasteiger partial charge is 0.319 e. The molecular formula is C16H23N3O3S2. The van der Waals surface area contributed by atoms with E-state index in [4.69, 9.17) is 0 Å². The summed E-state index contributed by atoms with van der Waals surface area (Å²) in [4.78, 5) is 16.1. The minimum absolute atomic E-state index is 0.0879. The fourth-order valence-electron chi connectivity index (χ4n) is 2.27. The number of ketones is 1. The molecule has 0 bridgehead atoms. The predicted molar refractivity (Wildman–Crippen MR) is 96.9 cm³/mol. The number of fused-ring (bicyclic) bond motifs is 1. The van der Waals surface area contributed by atoms with Crippen LogP contribution in [0.5, 0.6) is 0 Å². The Bertz CT molecular complexity index is 842. The minimum atomic E-state index is -3.49. The van der Waals surface area contributed by atoms with Crippen molar-refractivity contribution >= 4 is 38.6 Å². The van der Waals surface area contributed by atoms with Crippen LogP contribution in [0.15, 0.2) is 28.3 Å². The standard InChI is InChI=1S/C16H23N3O3S2/c1-5-6-9-19-15-8-7-13(24(21,22)18(3)4)10-14(15)17-16(19)23-11-12(2)20/h7-8,10H,5-6,9,11H2,1-4H3. The zero-order valence-electron chi connectivity index (χ0n) is 14.4. The van der Waals surface area contributed by atoms with Gasteiger partial charge in [-0.15, -0.1) is 0 Å². The van der Waals surface area contributed by atoms with E-state index < -0.39 is 10.0 Å². The summed E-state index contributed by atoms with van der Waals surface area (Å²) in [5.41, 5.74) is 1.53. The molecule has 6 nitrogen and oxygen atoms in total. The summed E-state index contributed by atoms with van der Waals surface area (Å²) in [7, 11) is -0.477. The third-order valence-electron chi connectivity index (χ3n) is 3.60. The van der Waals surface area contributed by atoms with Crippen molar-refractivity contribution in [2.75, 3.05) is 19.8 Å². The summed E-state index contributed by atoms with van der Waals surface area (Å²) in [6, 6.07) is 5.01. The van der Waals surface area contributed by atoms with E-state index in [1.165, 1.54) is 30.2 Å². The van der Waals surface area contributed by atoms with Crippen LogP contribution in [-0.2, 0) is 21.4 Å². The number of benzene rings is 1. The second-order valence-corrected chi connectivity index (χ2v) is 8.92. The summed E-state index contributed by atoms with van der Waals surface area (Å²) in [5.74, 6) is 0.447. The van der Waals surface area contributed by atoms with E-state index in [9.17, 15) is 13.2 Å². The molecule has 2 rings (SSSR count). The predicted octanol–water partition coefficient (Wildman–Crippen LogP) is 2.77. The van der Waals surface area contributed by atoms with Crippen molar-refractivity contribution in [2.45, 2.75) is 43.3 Å². The number of carbonyl (C=O) groups excluding carboxylic acids is 1. The highest BCUT2D eigenvalue weighted by atomic mass is 32.2. The Morgan fingerprint density at radius 3 is 2.62 bits per heavy atom. The lowest BCUT2D eigenvalue weighted by atomic mass is 10.3. The van der Waals surface area contributed by atoms with Gasteiger partial charge >= 0.3 is 0 Å². The van der Waals surface area contributed by atoms with Crippen molar-refractivity contribution in [3.63, 3.8) is 0 Å². The molecule has 0 aliphatic heterocycles. The van der Waals surface area contributed by atoms with Crippen LogP contribution in [0.2, 0.25) is 0 Å². The van der Waals surface area contributed by atoms with E-state index in [0.717, 1.165) is 30.1 Å². The summed E-state index contributed by atoms with van der Waals surface area (Å²) >= 11 is 1.39. The number of hydrogen-bond acceptors (Lipinski definition) is 5. The van der Waals surface area contributed by atoms with Crippen molar-refractivity contribution in [3.8, 4) is 0 Å². The molecule has 0 aliphatic carbocycles. The lowest BCUT2D eigenvalue weighted by Gasteiger charge is -2.11. The van der Waals surface area contributed by atoms with Gasteiger partial charge in [-0.3, -0.25) is 4.79 Å². The highest BCUT2D eigenvalue weighted by Crippen LogP contribution is 2.27. The number of unbranched alkanes of at least 4 members (excludes halogenated alkanes) is 1. The maximum absolute atomic E-state index is 12.3. The molecule has 0 radical (unpaired) electrons. The molecule has 132 valence electrons. The number of aromatic nitrogens is 2. The highest BCUT2D eigenvalue weighted by Gasteiger charge is 2.20. The Hall–Kier alpha value is -1.38. The number of imidazole rings is 1. The molecule has 0 saturated heterocycles. The Morgan fingerprint density at radius 2 is 2.04 bits per heavy atom. The van der Waals surface area contributed by atoms with Crippen LogP contribution in [0, 0.1) is 0 Å². The second-order valence-electron chi connectivity index (χ2n) is 5.83. The summed E-state index contributed by atoms with van der Waals surface area (Å²) < 4.78 is 27.8. The van der Waals surface area contributed by atoms with E-state index in [1.807, 2.05) is 0 Å². The first-order chi connectivity index (χ1) is 11.3. The van der Waals surface area contributed by atoms with Crippen molar-refractivity contribution in [2.24, 2.45) is 0 Å². The maximum atomic E-state index is 12.3. The van der Waals surface area contributed by atoms with Gasteiger partial charge in [0.2, 0.25) is 10.0 Å². The molecule has 0 N–H and O–H groups in total. The zero-order valence-corrected chi connectivity index (χ0v) is 16.1. The van der Waals surface area contributed by atoms with Gasteiger partial charge in [0.25, 0.3) is 0 Å². The number of carbonyl (C=O) groups is 1. The fourth-order valence-corrected chi connectivity index (χ4v) is 4.03. The van der Waals surface area contributed by atoms with Crippen molar-refractivity contribution in [1.29, 1.82) is 0 Å². The SMILES string of the molecule is CCCCn1c(SCC(C)=O)nc2cc(S(=O)(=O)N(C)C)ccc21. The molecule has 0 aliphatic rings. The van der Waals surface area contributed by atoms with Crippen LogP contribution in [0.25, 0.3) is 11.0 Å². The summed E-state index contributed by atoms with van der Waals surface area (Å²) in [6.07, 6.45) is 2.04. The van der Waals surface area contributed by atoms with Crippen molar-refractivity contribution in [1.82, 2.24) is 13.9 Å². The van der Waals surface area contributed by atoms with Crippen LogP contribution in [-0.4, -0.2) is 47.9 Å². The Morgan fingerprint density at radius 1 is 1.33 bits per heavy atom. The van der Waals surface area contributed by atoms with Gasteiger partial charge in [0.05, 0.1) is 21.7 Å². The molecule has 24 heavy (non-hydrogen) atoms. The molecule has 0 unspecified atom stereocenters. The van der Waals surface area contributed by atoms with E-state index in [1.54, 1.807) is 25.1 Å². The quantitative estimate of drug-likeness (QED) is 0.669. The summed E-state index contributed by atoms with van der Waals surface area (Å²) in [5, 5.41) is 0.757. The third-order valence-corrected chi connectivity index (χ3v) is 6.53. The van der Waals surface area contributed by atoms with Crippen molar-refractivity contribution < 1.29 is 13.2 Å². The van der Waals surface area contributed by atoms with Gasteiger partial charge in [0.1, 0.15) is 5.78 Å². The van der Waals surface area contributed by atoms with Gasteiger partial charge in [0.15, 0.2) is 5.16 Å². The van der Waals surface area contributed by atoms with Gasteiger partial charge in [-0.25, -0.2) is 17.7 Å². The topological polar surface area (TPSA) is 72.3 Å². The van der Waals surface area contributed by atoms with Crippen LogP contribution in [0.4, 0.5) is 0 Å². The van der Waals surface area contributed by atoms with Gasteiger partial charge in [0, 0.05) is 20.6 Å². The number of Topliss-reactive ketones (excluding diaryl/α,β-unsaturated/α-hetero) is 1. The normalized spacial score (nSPS) is 12.2. The number of nitrogens with zero attached hydrogens (tertiary/aromatic N) is 3. The average molecular weight is 370 g/mol. The smallest absolute Gasteiger partial charge is 0.242 e. The fraction of sp³-hybridized carbons (Fsp3) is 0.500. The molecule has 0 atom stereocenters. The lowest BCUT2D eigenvalue weighted by molar-refractivity contribution is -0.114. The number of aryl methyl sites for hydroxylation is 1. The molecule has 1 aromatic heterocycles. The van der Waals surface area contributed by atoms with Crippen LogP contribution < -0.4 is 0 Å².